The molecule has 0 aliphatic rings. The van der Waals surface area contributed by atoms with Crippen LogP contribution in [0.3, 0.4) is 0 Å². The predicted molar refractivity (Wildman–Crippen MR) is 117 cm³/mol. The molecule has 4 rings (SSSR count). The molecule has 8 heteroatoms. The van der Waals surface area contributed by atoms with E-state index in [1.54, 1.807) is 24.3 Å². The lowest BCUT2D eigenvalue weighted by atomic mass is 10.0. The summed E-state index contributed by atoms with van der Waals surface area (Å²) in [5.41, 5.74) is 3.69. The third kappa shape index (κ3) is 4.65. The molecule has 0 aliphatic carbocycles. The van der Waals surface area contributed by atoms with Crippen LogP contribution in [0.4, 0.5) is 5.95 Å². The van der Waals surface area contributed by atoms with Gasteiger partial charge in [0.05, 0.1) is 12.0 Å². The van der Waals surface area contributed by atoms with Crippen molar-refractivity contribution in [3.05, 3.63) is 82.1 Å². The molecule has 0 amide bonds. The van der Waals surface area contributed by atoms with Crippen molar-refractivity contribution >= 4 is 28.5 Å². The third-order valence-corrected chi connectivity index (χ3v) is 5.69. The van der Waals surface area contributed by atoms with Gasteiger partial charge < -0.3 is 10.3 Å². The zero-order valence-electron chi connectivity index (χ0n) is 16.1. The molecule has 0 unspecified atom stereocenters. The predicted octanol–water partition coefficient (Wildman–Crippen LogP) is 3.29. The van der Waals surface area contributed by atoms with E-state index in [-0.39, 0.29) is 5.56 Å². The number of aromatic amines is 2. The number of hydrogen-bond donors (Lipinski definition) is 3. The average Bonchev–Trinajstić information content (AvgIpc) is 3.14. The van der Waals surface area contributed by atoms with Gasteiger partial charge in [0, 0.05) is 59.7 Å². The van der Waals surface area contributed by atoms with Crippen LogP contribution < -0.4 is 10.9 Å². The normalized spacial score (nSPS) is 11.1. The fourth-order valence-electron chi connectivity index (χ4n) is 3.11. The number of nitrogens with zero attached hydrogens (tertiary/aromatic N) is 3. The molecule has 0 saturated carbocycles. The highest BCUT2D eigenvalue weighted by Crippen LogP contribution is 2.19. The van der Waals surface area contributed by atoms with Crippen LogP contribution in [0.5, 0.6) is 0 Å². The van der Waals surface area contributed by atoms with Crippen molar-refractivity contribution in [3.8, 4) is 0 Å². The Morgan fingerprint density at radius 1 is 1.10 bits per heavy atom. The maximum Gasteiger partial charge on any atom is 0.255 e. The number of fused-ring (bicyclic) bond motifs is 1. The second-order valence-corrected chi connectivity index (χ2v) is 7.84. The highest BCUT2D eigenvalue weighted by atomic mass is 32.2. The van der Waals surface area contributed by atoms with E-state index >= 15 is 0 Å². The monoisotopic (exact) mass is 406 g/mol. The Kier molecular flexibility index (Phi) is 5.90. The second kappa shape index (κ2) is 8.91. The first-order valence-corrected chi connectivity index (χ1v) is 10.6. The first-order chi connectivity index (χ1) is 14.2. The molecule has 0 aliphatic heterocycles. The summed E-state index contributed by atoms with van der Waals surface area (Å²) in [5, 5.41) is 5.34. The molecule has 7 nitrogen and oxygen atoms in total. The molecule has 0 atom stereocenters. The van der Waals surface area contributed by atoms with Crippen molar-refractivity contribution in [2.75, 3.05) is 17.6 Å². The van der Waals surface area contributed by atoms with Crippen molar-refractivity contribution in [2.24, 2.45) is 0 Å². The minimum absolute atomic E-state index is 0.129. The number of anilines is 1. The Balaban J connectivity index is 1.34. The number of benzene rings is 1. The Morgan fingerprint density at radius 3 is 2.83 bits per heavy atom. The number of aryl methyl sites for hydroxylation is 1. The third-order valence-electron chi connectivity index (χ3n) is 4.72. The molecule has 148 valence electrons. The highest BCUT2D eigenvalue weighted by molar-refractivity contribution is 7.98. The molecule has 3 N–H and O–H groups in total. The summed E-state index contributed by atoms with van der Waals surface area (Å²) in [7, 11) is 0. The number of rotatable bonds is 8. The molecular weight excluding hydrogens is 384 g/mol. The van der Waals surface area contributed by atoms with Gasteiger partial charge in [0.2, 0.25) is 5.95 Å². The van der Waals surface area contributed by atoms with Gasteiger partial charge >= 0.3 is 0 Å². The van der Waals surface area contributed by atoms with Gasteiger partial charge in [0.25, 0.3) is 5.56 Å². The van der Waals surface area contributed by atoms with Crippen LogP contribution in [-0.2, 0) is 12.2 Å². The lowest BCUT2D eigenvalue weighted by Crippen LogP contribution is -2.18. The summed E-state index contributed by atoms with van der Waals surface area (Å²) in [4.78, 5) is 31.3. The zero-order chi connectivity index (χ0) is 20.1. The van der Waals surface area contributed by atoms with Crippen LogP contribution >= 0.6 is 11.8 Å². The number of H-pyrrole nitrogens is 2. The van der Waals surface area contributed by atoms with E-state index in [0.29, 0.717) is 24.5 Å². The minimum Gasteiger partial charge on any atom is -0.355 e. The number of thioether (sulfide) groups is 1. The summed E-state index contributed by atoms with van der Waals surface area (Å²) in [6.07, 6.45) is 7.50. The van der Waals surface area contributed by atoms with Crippen molar-refractivity contribution in [3.63, 3.8) is 0 Å². The fourth-order valence-corrected chi connectivity index (χ4v) is 3.98. The lowest BCUT2D eigenvalue weighted by Gasteiger charge is -2.08. The molecule has 1 aromatic carbocycles. The maximum atomic E-state index is 12.5. The largest absolute Gasteiger partial charge is 0.355 e. The Hall–Kier alpha value is -3.13. The van der Waals surface area contributed by atoms with Gasteiger partial charge in [-0.05, 0) is 17.9 Å². The lowest BCUT2D eigenvalue weighted by molar-refractivity contribution is 1.01. The summed E-state index contributed by atoms with van der Waals surface area (Å²) >= 11 is 1.78. The standard InChI is InChI=1S/C21H22N6OS/c1-14-19(26-13-25-14)12-29-7-6-23-21-24-11-17(20(28)27-21)8-16-10-22-9-15-4-2-3-5-18(15)16/h2-5,9-11,13H,6-8,12H2,1H3,(H,25,26)(H2,23,24,27,28). The highest BCUT2D eigenvalue weighted by Gasteiger charge is 2.08. The van der Waals surface area contributed by atoms with Crippen LogP contribution in [0.15, 0.2) is 54.0 Å². The molecule has 0 saturated heterocycles. The number of hydrogen-bond acceptors (Lipinski definition) is 6. The molecule has 0 spiro atoms. The van der Waals surface area contributed by atoms with Gasteiger partial charge in [-0.1, -0.05) is 24.3 Å². The molecule has 0 radical (unpaired) electrons. The van der Waals surface area contributed by atoms with E-state index in [1.807, 2.05) is 43.6 Å². The van der Waals surface area contributed by atoms with E-state index in [9.17, 15) is 4.79 Å². The second-order valence-electron chi connectivity index (χ2n) is 6.74. The van der Waals surface area contributed by atoms with Crippen LogP contribution in [0.2, 0.25) is 0 Å². The fraction of sp³-hybridized carbons (Fsp3) is 0.238. The maximum absolute atomic E-state index is 12.5. The van der Waals surface area contributed by atoms with E-state index in [4.69, 9.17) is 0 Å². The molecular formula is C21H22N6OS. The SMILES string of the molecule is Cc1[nH]cnc1CSCCNc1ncc(Cc2cncc3ccccc23)c(=O)[nH]1. The summed E-state index contributed by atoms with van der Waals surface area (Å²) in [6.45, 7) is 2.73. The topological polar surface area (TPSA) is 99.3 Å². The van der Waals surface area contributed by atoms with E-state index < -0.39 is 0 Å². The quantitative estimate of drug-likeness (QED) is 0.388. The first kappa shape index (κ1) is 19.2. The minimum atomic E-state index is -0.129. The van der Waals surface area contributed by atoms with Crippen LogP contribution in [0.25, 0.3) is 10.8 Å². The molecule has 29 heavy (non-hydrogen) atoms. The number of aromatic nitrogens is 5. The molecule has 0 fully saturated rings. The van der Waals surface area contributed by atoms with Gasteiger partial charge in [-0.15, -0.1) is 0 Å². The Labute approximate surface area is 172 Å². The number of nitrogens with one attached hydrogen (secondary N) is 3. The van der Waals surface area contributed by atoms with Gasteiger partial charge in [-0.25, -0.2) is 9.97 Å². The van der Waals surface area contributed by atoms with Gasteiger partial charge in [-0.3, -0.25) is 14.8 Å². The van der Waals surface area contributed by atoms with Crippen molar-refractivity contribution < 1.29 is 0 Å². The van der Waals surface area contributed by atoms with E-state index in [2.05, 4.69) is 30.2 Å². The number of pyridine rings is 1. The summed E-state index contributed by atoms with van der Waals surface area (Å²) in [6, 6.07) is 8.04. The van der Waals surface area contributed by atoms with Gasteiger partial charge in [0.15, 0.2) is 0 Å². The average molecular weight is 407 g/mol. The number of imidazole rings is 1. The molecule has 3 heterocycles. The summed E-state index contributed by atoms with van der Waals surface area (Å²) in [5.74, 6) is 2.24. The molecule has 0 bridgehead atoms. The Bertz CT molecular complexity index is 1160. The zero-order valence-corrected chi connectivity index (χ0v) is 16.9. The first-order valence-electron chi connectivity index (χ1n) is 9.41. The molecule has 4 aromatic rings. The van der Waals surface area contributed by atoms with E-state index in [0.717, 1.165) is 39.2 Å². The van der Waals surface area contributed by atoms with Crippen LogP contribution in [0.1, 0.15) is 22.5 Å². The van der Waals surface area contributed by atoms with Gasteiger partial charge in [-0.2, -0.15) is 11.8 Å². The van der Waals surface area contributed by atoms with Crippen LogP contribution in [-0.4, -0.2) is 37.2 Å². The Morgan fingerprint density at radius 2 is 2.00 bits per heavy atom. The van der Waals surface area contributed by atoms with Crippen LogP contribution in [0, 0.1) is 6.92 Å². The van der Waals surface area contributed by atoms with Crippen molar-refractivity contribution in [2.45, 2.75) is 19.1 Å². The van der Waals surface area contributed by atoms with Crippen molar-refractivity contribution in [1.82, 2.24) is 24.9 Å². The van der Waals surface area contributed by atoms with Crippen molar-refractivity contribution in [1.29, 1.82) is 0 Å². The van der Waals surface area contributed by atoms with Gasteiger partial charge in [0.1, 0.15) is 0 Å². The van der Waals surface area contributed by atoms with E-state index in [1.165, 1.54) is 0 Å². The summed E-state index contributed by atoms with van der Waals surface area (Å²) < 4.78 is 0. The smallest absolute Gasteiger partial charge is 0.255 e. The molecule has 3 aromatic heterocycles.